The van der Waals surface area contributed by atoms with Crippen LogP contribution in [0, 0.1) is 13.8 Å². The van der Waals surface area contributed by atoms with E-state index in [1.54, 1.807) is 25.1 Å². The number of pyridine rings is 1. The molecule has 1 unspecified atom stereocenters. The van der Waals surface area contributed by atoms with Gasteiger partial charge in [-0.2, -0.15) is 0 Å². The molecule has 1 aliphatic rings. The maximum Gasteiger partial charge on any atom is 0.256 e. The number of likely N-dealkylation sites (tertiary alicyclic amines) is 1. The highest BCUT2D eigenvalue weighted by atomic mass is 32.2. The molecule has 7 heteroatoms. The molecule has 0 aliphatic carbocycles. The third-order valence-corrected chi connectivity index (χ3v) is 6.63. The van der Waals surface area contributed by atoms with Crippen LogP contribution in [-0.2, 0) is 5.75 Å². The summed E-state index contributed by atoms with van der Waals surface area (Å²) in [5.41, 5.74) is 3.84. The Morgan fingerprint density at radius 2 is 2.07 bits per heavy atom. The standard InChI is InChI=1S/C23H25N3O3S/c1-15-21(16(2)29-25-15)14-30-22-20(5-4-11-24-22)23(27)26-12-10-18(13-26)17-6-8-19(28-3)9-7-17/h4-9,11,18H,10,12-14H2,1-3H3. The predicted molar refractivity (Wildman–Crippen MR) is 116 cm³/mol. The summed E-state index contributed by atoms with van der Waals surface area (Å²) >= 11 is 1.55. The largest absolute Gasteiger partial charge is 0.497 e. The predicted octanol–water partition coefficient (Wildman–Crippen LogP) is 4.62. The Hall–Kier alpha value is -2.80. The van der Waals surface area contributed by atoms with Gasteiger partial charge in [-0.3, -0.25) is 4.79 Å². The molecule has 3 aromatic rings. The smallest absolute Gasteiger partial charge is 0.256 e. The van der Waals surface area contributed by atoms with Gasteiger partial charge < -0.3 is 14.2 Å². The van der Waals surface area contributed by atoms with Gasteiger partial charge in [0.1, 0.15) is 16.5 Å². The first-order valence-corrected chi connectivity index (χ1v) is 11.0. The van der Waals surface area contributed by atoms with Crippen LogP contribution in [0.4, 0.5) is 0 Å². The highest BCUT2D eigenvalue weighted by Gasteiger charge is 2.29. The van der Waals surface area contributed by atoms with Gasteiger partial charge in [-0.05, 0) is 50.1 Å². The van der Waals surface area contributed by atoms with Crippen LogP contribution >= 0.6 is 11.8 Å². The Labute approximate surface area is 180 Å². The van der Waals surface area contributed by atoms with Crippen LogP contribution in [0.3, 0.4) is 0 Å². The first-order chi connectivity index (χ1) is 14.6. The zero-order chi connectivity index (χ0) is 21.1. The summed E-state index contributed by atoms with van der Waals surface area (Å²) in [6, 6.07) is 11.8. The van der Waals surface area contributed by atoms with Gasteiger partial charge in [-0.25, -0.2) is 4.98 Å². The van der Waals surface area contributed by atoms with E-state index in [4.69, 9.17) is 9.26 Å². The van der Waals surface area contributed by atoms with Crippen LogP contribution in [0.5, 0.6) is 5.75 Å². The molecule has 0 bridgehead atoms. The fourth-order valence-electron chi connectivity index (χ4n) is 3.78. The Balaban J connectivity index is 1.46. The van der Waals surface area contributed by atoms with Crippen LogP contribution in [-0.4, -0.2) is 41.1 Å². The average Bonchev–Trinajstić information content (AvgIpc) is 3.39. The lowest BCUT2D eigenvalue weighted by atomic mass is 9.98. The number of aryl methyl sites for hydroxylation is 2. The van der Waals surface area contributed by atoms with Crippen molar-refractivity contribution >= 4 is 17.7 Å². The number of benzene rings is 1. The van der Waals surface area contributed by atoms with Crippen LogP contribution < -0.4 is 4.74 Å². The number of hydrogen-bond acceptors (Lipinski definition) is 6. The maximum absolute atomic E-state index is 13.3. The van der Waals surface area contributed by atoms with Gasteiger partial charge in [0.05, 0.1) is 18.4 Å². The number of carbonyl (C=O) groups is 1. The summed E-state index contributed by atoms with van der Waals surface area (Å²) in [6.45, 7) is 5.30. The summed E-state index contributed by atoms with van der Waals surface area (Å²) in [5.74, 6) is 2.72. The molecule has 1 aromatic carbocycles. The van der Waals surface area contributed by atoms with E-state index in [9.17, 15) is 4.79 Å². The molecule has 4 rings (SSSR count). The molecule has 156 valence electrons. The quantitative estimate of drug-likeness (QED) is 0.539. The van der Waals surface area contributed by atoms with E-state index in [-0.39, 0.29) is 5.91 Å². The van der Waals surface area contributed by atoms with Crippen LogP contribution in [0.1, 0.15) is 45.3 Å². The van der Waals surface area contributed by atoms with Crippen molar-refractivity contribution in [3.8, 4) is 5.75 Å². The van der Waals surface area contributed by atoms with Crippen molar-refractivity contribution in [2.45, 2.75) is 37.0 Å². The van der Waals surface area contributed by atoms with Gasteiger partial charge in [0.25, 0.3) is 5.91 Å². The first kappa shape index (κ1) is 20.5. The zero-order valence-electron chi connectivity index (χ0n) is 17.4. The lowest BCUT2D eigenvalue weighted by Crippen LogP contribution is -2.29. The van der Waals surface area contributed by atoms with Gasteiger partial charge in [-0.15, -0.1) is 11.8 Å². The van der Waals surface area contributed by atoms with E-state index >= 15 is 0 Å². The van der Waals surface area contributed by atoms with Gasteiger partial charge in [0.2, 0.25) is 0 Å². The van der Waals surface area contributed by atoms with Crippen molar-refractivity contribution < 1.29 is 14.1 Å². The van der Waals surface area contributed by atoms with Crippen molar-refractivity contribution in [1.82, 2.24) is 15.0 Å². The highest BCUT2D eigenvalue weighted by molar-refractivity contribution is 7.98. The summed E-state index contributed by atoms with van der Waals surface area (Å²) < 4.78 is 10.5. The molecule has 6 nitrogen and oxygen atoms in total. The third-order valence-electron chi connectivity index (χ3n) is 5.60. The Morgan fingerprint density at radius 3 is 2.77 bits per heavy atom. The number of thioether (sulfide) groups is 1. The molecular weight excluding hydrogens is 398 g/mol. The normalized spacial score (nSPS) is 16.1. The van der Waals surface area contributed by atoms with Gasteiger partial charge >= 0.3 is 0 Å². The van der Waals surface area contributed by atoms with Crippen LogP contribution in [0.2, 0.25) is 0 Å². The summed E-state index contributed by atoms with van der Waals surface area (Å²) in [6.07, 6.45) is 2.69. The van der Waals surface area contributed by atoms with Crippen molar-refractivity contribution in [2.24, 2.45) is 0 Å². The van der Waals surface area contributed by atoms with Crippen molar-refractivity contribution in [1.29, 1.82) is 0 Å². The van der Waals surface area contributed by atoms with Crippen LogP contribution in [0.15, 0.2) is 52.1 Å². The lowest BCUT2D eigenvalue weighted by Gasteiger charge is -2.18. The molecular formula is C23H25N3O3S. The molecule has 0 spiro atoms. The number of amides is 1. The topological polar surface area (TPSA) is 68.5 Å². The second-order valence-corrected chi connectivity index (χ2v) is 8.42. The monoisotopic (exact) mass is 423 g/mol. The molecule has 1 atom stereocenters. The number of aromatic nitrogens is 2. The van der Waals surface area contributed by atoms with Crippen molar-refractivity contribution in [3.63, 3.8) is 0 Å². The number of nitrogens with zero attached hydrogens (tertiary/aromatic N) is 3. The fraction of sp³-hybridized carbons (Fsp3) is 0.348. The first-order valence-electron chi connectivity index (χ1n) is 9.99. The molecule has 3 heterocycles. The molecule has 1 aliphatic heterocycles. The summed E-state index contributed by atoms with van der Waals surface area (Å²) in [4.78, 5) is 19.7. The number of carbonyl (C=O) groups excluding carboxylic acids is 1. The Bertz CT molecular complexity index is 1010. The number of rotatable bonds is 6. The van der Waals surface area contributed by atoms with E-state index in [1.807, 2.05) is 43.0 Å². The second kappa shape index (κ2) is 8.92. The Morgan fingerprint density at radius 1 is 1.27 bits per heavy atom. The average molecular weight is 424 g/mol. The zero-order valence-corrected chi connectivity index (χ0v) is 18.2. The Kier molecular flexibility index (Phi) is 6.08. The molecule has 0 radical (unpaired) electrons. The van der Waals surface area contributed by atoms with Crippen LogP contribution in [0.25, 0.3) is 0 Å². The SMILES string of the molecule is COc1ccc(C2CCN(C(=O)c3cccnc3SCc3c(C)noc3C)C2)cc1. The number of hydrogen-bond donors (Lipinski definition) is 0. The minimum absolute atomic E-state index is 0.0420. The van der Waals surface area contributed by atoms with E-state index in [0.29, 0.717) is 23.8 Å². The summed E-state index contributed by atoms with van der Waals surface area (Å²) in [5, 5.41) is 4.75. The lowest BCUT2D eigenvalue weighted by molar-refractivity contribution is 0.0786. The fourth-order valence-corrected chi connectivity index (χ4v) is 4.92. The van der Waals surface area contributed by atoms with Gasteiger partial charge in [0, 0.05) is 36.5 Å². The summed E-state index contributed by atoms with van der Waals surface area (Å²) in [7, 11) is 1.67. The van der Waals surface area contributed by atoms with E-state index in [0.717, 1.165) is 40.8 Å². The molecule has 0 N–H and O–H groups in total. The second-order valence-electron chi connectivity index (χ2n) is 7.46. The minimum atomic E-state index is 0.0420. The molecule has 1 saturated heterocycles. The number of ether oxygens (including phenoxy) is 1. The highest BCUT2D eigenvalue weighted by Crippen LogP contribution is 2.32. The van der Waals surface area contributed by atoms with Crippen molar-refractivity contribution in [2.75, 3.05) is 20.2 Å². The third kappa shape index (κ3) is 4.21. The van der Waals surface area contributed by atoms with E-state index in [2.05, 4.69) is 22.3 Å². The van der Waals surface area contributed by atoms with E-state index in [1.165, 1.54) is 5.56 Å². The van der Waals surface area contributed by atoms with Gasteiger partial charge in [0.15, 0.2) is 0 Å². The van der Waals surface area contributed by atoms with E-state index < -0.39 is 0 Å². The molecule has 2 aromatic heterocycles. The number of methoxy groups -OCH3 is 1. The molecule has 30 heavy (non-hydrogen) atoms. The molecule has 1 fully saturated rings. The minimum Gasteiger partial charge on any atom is -0.497 e. The maximum atomic E-state index is 13.3. The molecule has 0 saturated carbocycles. The van der Waals surface area contributed by atoms with Crippen molar-refractivity contribution in [3.05, 3.63) is 70.7 Å². The van der Waals surface area contributed by atoms with Gasteiger partial charge in [-0.1, -0.05) is 17.3 Å². The molecule has 1 amide bonds.